The first-order valence-electron chi connectivity index (χ1n) is 18.7. The molecule has 0 fully saturated rings. The highest BCUT2D eigenvalue weighted by Crippen LogP contribution is 2.22. The van der Waals surface area contributed by atoms with Crippen LogP contribution in [0.4, 0.5) is 0 Å². The zero-order chi connectivity index (χ0) is 45.9. The molecule has 3 aromatic carbocycles. The van der Waals surface area contributed by atoms with Gasteiger partial charge in [0.2, 0.25) is 0 Å². The molecule has 7 aromatic rings. The molecule has 0 unspecified atom stereocenters. The SMILES string of the molecule is C.C.C.COc1ccc(-c2cc3ncccc3c(=O)[nH]2)cc1.COc1ccc(C(=O)CC(C)=O)cc1.COc1ccc(C(=O)Cc2ncccc2C(=O)O)cc1.O=C(O)c1cccnc1Cl. The van der Waals surface area contributed by atoms with E-state index in [1.54, 1.807) is 88.2 Å². The summed E-state index contributed by atoms with van der Waals surface area (Å²) in [6.07, 6.45) is 4.51. The van der Waals surface area contributed by atoms with Gasteiger partial charge in [0.1, 0.15) is 28.2 Å². The zero-order valence-corrected chi connectivity index (χ0v) is 35.2. The Bertz CT molecular complexity index is 2740. The van der Waals surface area contributed by atoms with Gasteiger partial charge in [-0.2, -0.15) is 0 Å². The lowest BCUT2D eigenvalue weighted by atomic mass is 10.0. The molecule has 7 rings (SSSR count). The number of carboxylic acids is 2. The molecular formula is C50H53ClN4O11. The van der Waals surface area contributed by atoms with Crippen molar-refractivity contribution in [3.63, 3.8) is 0 Å². The topological polar surface area (TPSA) is 225 Å². The minimum Gasteiger partial charge on any atom is -0.497 e. The Balaban J connectivity index is 0.000000446. The van der Waals surface area contributed by atoms with Crippen molar-refractivity contribution in [1.29, 1.82) is 0 Å². The van der Waals surface area contributed by atoms with Gasteiger partial charge in [-0.3, -0.25) is 29.1 Å². The van der Waals surface area contributed by atoms with E-state index < -0.39 is 11.9 Å². The van der Waals surface area contributed by atoms with Gasteiger partial charge in [-0.1, -0.05) is 33.9 Å². The number of hydrogen-bond donors (Lipinski definition) is 3. The number of rotatable bonds is 12. The van der Waals surface area contributed by atoms with Crippen molar-refractivity contribution < 1.29 is 48.4 Å². The van der Waals surface area contributed by atoms with Crippen LogP contribution >= 0.6 is 11.6 Å². The van der Waals surface area contributed by atoms with Crippen LogP contribution in [0, 0.1) is 0 Å². The van der Waals surface area contributed by atoms with Gasteiger partial charge in [-0.15, -0.1) is 0 Å². The number of carbonyl (C=O) groups excluding carboxylic acids is 3. The minimum absolute atomic E-state index is 0. The molecule has 4 heterocycles. The predicted octanol–water partition coefficient (Wildman–Crippen LogP) is 10.0. The smallest absolute Gasteiger partial charge is 0.338 e. The van der Waals surface area contributed by atoms with Gasteiger partial charge in [0.25, 0.3) is 5.56 Å². The van der Waals surface area contributed by atoms with Gasteiger partial charge in [0, 0.05) is 29.7 Å². The van der Waals surface area contributed by atoms with E-state index in [-0.39, 0.29) is 80.0 Å². The number of Topliss-reactive ketones (excluding diaryl/α,β-unsaturated/α-hetero) is 3. The highest BCUT2D eigenvalue weighted by Gasteiger charge is 2.15. The van der Waals surface area contributed by atoms with Crippen LogP contribution in [-0.2, 0) is 11.2 Å². The lowest BCUT2D eigenvalue weighted by Gasteiger charge is -2.05. The highest BCUT2D eigenvalue weighted by atomic mass is 35.5. The van der Waals surface area contributed by atoms with E-state index in [9.17, 15) is 28.8 Å². The molecule has 16 heteroatoms. The number of nitrogens with one attached hydrogen (secondary N) is 1. The van der Waals surface area contributed by atoms with E-state index in [2.05, 4.69) is 19.9 Å². The second-order valence-corrected chi connectivity index (χ2v) is 13.3. The van der Waals surface area contributed by atoms with E-state index in [0.29, 0.717) is 33.5 Å². The Kier molecular flexibility index (Phi) is 23.7. The van der Waals surface area contributed by atoms with Crippen LogP contribution in [-0.4, -0.2) is 80.8 Å². The molecule has 0 aliphatic carbocycles. The Morgan fingerprint density at radius 3 is 1.53 bits per heavy atom. The molecule has 0 amide bonds. The van der Waals surface area contributed by atoms with Gasteiger partial charge >= 0.3 is 11.9 Å². The third-order valence-corrected chi connectivity index (χ3v) is 8.99. The third-order valence-electron chi connectivity index (χ3n) is 8.69. The monoisotopic (exact) mass is 920 g/mol. The molecule has 346 valence electrons. The van der Waals surface area contributed by atoms with Crippen molar-refractivity contribution in [2.24, 2.45) is 0 Å². The molecule has 3 N–H and O–H groups in total. The quantitative estimate of drug-likeness (QED) is 0.0589. The summed E-state index contributed by atoms with van der Waals surface area (Å²) in [6, 6.07) is 32.2. The number of H-pyrrole nitrogens is 1. The lowest BCUT2D eigenvalue weighted by Crippen LogP contribution is -2.10. The van der Waals surface area contributed by atoms with E-state index in [0.717, 1.165) is 17.0 Å². The van der Waals surface area contributed by atoms with Crippen LogP contribution in [0.1, 0.15) is 82.8 Å². The number of halogens is 1. The number of aromatic amines is 1. The maximum absolute atomic E-state index is 12.1. The highest BCUT2D eigenvalue weighted by molar-refractivity contribution is 6.32. The number of pyridine rings is 4. The van der Waals surface area contributed by atoms with E-state index in [1.807, 2.05) is 30.3 Å². The molecule has 66 heavy (non-hydrogen) atoms. The molecule has 0 aliphatic rings. The van der Waals surface area contributed by atoms with Crippen molar-refractivity contribution in [3.8, 4) is 28.5 Å². The Labute approximate surface area is 388 Å². The summed E-state index contributed by atoms with van der Waals surface area (Å²) in [5.41, 5.74) is 3.62. The first kappa shape index (κ1) is 56.0. The summed E-state index contributed by atoms with van der Waals surface area (Å²) in [7, 11) is 4.73. The van der Waals surface area contributed by atoms with Crippen LogP contribution in [0.2, 0.25) is 5.15 Å². The number of ketones is 3. The molecular weight excluding hydrogens is 868 g/mol. The summed E-state index contributed by atoms with van der Waals surface area (Å²) in [5.74, 6) is -0.464. The second-order valence-electron chi connectivity index (χ2n) is 13.0. The minimum atomic E-state index is -1.09. The van der Waals surface area contributed by atoms with Crippen molar-refractivity contribution in [3.05, 3.63) is 177 Å². The molecule has 0 radical (unpaired) electrons. The van der Waals surface area contributed by atoms with E-state index in [1.165, 1.54) is 43.6 Å². The van der Waals surface area contributed by atoms with Gasteiger partial charge in [-0.05, 0) is 128 Å². The van der Waals surface area contributed by atoms with Crippen LogP contribution < -0.4 is 19.8 Å². The normalized spacial score (nSPS) is 9.53. The summed E-state index contributed by atoms with van der Waals surface area (Å²) in [4.78, 5) is 82.2. The number of ether oxygens (including phenoxy) is 3. The van der Waals surface area contributed by atoms with Gasteiger partial charge < -0.3 is 29.4 Å². The number of aromatic carboxylic acids is 2. The van der Waals surface area contributed by atoms with Gasteiger partial charge in [-0.25, -0.2) is 14.6 Å². The summed E-state index contributed by atoms with van der Waals surface area (Å²) in [5, 5.41) is 18.1. The van der Waals surface area contributed by atoms with Crippen molar-refractivity contribution in [2.75, 3.05) is 21.3 Å². The fraction of sp³-hybridized carbons (Fsp3) is 0.180. The fourth-order valence-electron chi connectivity index (χ4n) is 5.47. The Hall–Kier alpha value is -8.04. The predicted molar refractivity (Wildman–Crippen MR) is 256 cm³/mol. The maximum atomic E-state index is 12.1. The van der Waals surface area contributed by atoms with Crippen molar-refractivity contribution in [2.45, 2.75) is 42.0 Å². The average molecular weight is 921 g/mol. The van der Waals surface area contributed by atoms with Crippen LogP contribution in [0.5, 0.6) is 17.2 Å². The van der Waals surface area contributed by atoms with Gasteiger partial charge in [0.05, 0.1) is 67.6 Å². The van der Waals surface area contributed by atoms with Gasteiger partial charge in [0.15, 0.2) is 11.6 Å². The first-order chi connectivity index (χ1) is 30.2. The van der Waals surface area contributed by atoms with Crippen molar-refractivity contribution >= 4 is 51.8 Å². The average Bonchev–Trinajstić information content (AvgIpc) is 3.29. The van der Waals surface area contributed by atoms with Crippen LogP contribution in [0.3, 0.4) is 0 Å². The number of nitrogens with zero attached hydrogens (tertiary/aromatic N) is 3. The molecule has 0 atom stereocenters. The number of methoxy groups -OCH3 is 3. The number of hydrogen-bond acceptors (Lipinski definition) is 12. The molecule has 0 aliphatic heterocycles. The molecule has 0 saturated carbocycles. The maximum Gasteiger partial charge on any atom is 0.338 e. The molecule has 0 bridgehead atoms. The Morgan fingerprint density at radius 1 is 0.606 bits per heavy atom. The number of carbonyl (C=O) groups is 5. The summed E-state index contributed by atoms with van der Waals surface area (Å²) >= 11 is 5.43. The van der Waals surface area contributed by atoms with Crippen molar-refractivity contribution in [1.82, 2.24) is 19.9 Å². The fourth-order valence-corrected chi connectivity index (χ4v) is 5.67. The Morgan fingerprint density at radius 2 is 1.06 bits per heavy atom. The molecule has 4 aromatic heterocycles. The second kappa shape index (κ2) is 27.9. The largest absolute Gasteiger partial charge is 0.497 e. The van der Waals surface area contributed by atoms with Crippen LogP contribution in [0.15, 0.2) is 139 Å². The summed E-state index contributed by atoms with van der Waals surface area (Å²) < 4.78 is 15.1. The third kappa shape index (κ3) is 16.6. The number of carboxylic acid groups (broad SMARTS) is 2. The summed E-state index contributed by atoms with van der Waals surface area (Å²) in [6.45, 7) is 1.40. The molecule has 0 spiro atoms. The standard InChI is InChI=1S/C15H12N2O2.C15H13NO4.C11H12O3.C6H4ClNO2.3CH4/c1-19-11-6-4-10(5-7-11)13-9-14-12(15(18)17-13)3-2-8-16-14;1-20-11-6-4-10(5-7-11)14(17)9-13-12(15(18)19)3-2-8-16-13;1-8(12)7-11(13)9-3-5-10(14-2)6-4-9;7-5-4(6(9)10)2-1-3-8-5;;;/h2-9H,1H3,(H,17,18);2-8H,9H2,1H3,(H,18,19);3-6H,7H2,1-2H3;1-3H,(H,9,10);3*1H4. The molecule has 0 saturated heterocycles. The number of aromatic nitrogens is 4. The number of benzene rings is 3. The molecule has 15 nitrogen and oxygen atoms in total. The zero-order valence-electron chi connectivity index (χ0n) is 34.4. The number of fused-ring (bicyclic) bond motifs is 1. The first-order valence-corrected chi connectivity index (χ1v) is 19.1. The van der Waals surface area contributed by atoms with E-state index >= 15 is 0 Å². The van der Waals surface area contributed by atoms with E-state index in [4.69, 9.17) is 36.0 Å². The van der Waals surface area contributed by atoms with Crippen LogP contribution in [0.25, 0.3) is 22.2 Å². The lowest BCUT2D eigenvalue weighted by molar-refractivity contribution is -0.116.